The molecule has 0 N–H and O–H groups in total. The van der Waals surface area contributed by atoms with Crippen LogP contribution in [0.2, 0.25) is 0 Å². The van der Waals surface area contributed by atoms with Gasteiger partial charge in [0.1, 0.15) is 12.2 Å². The van der Waals surface area contributed by atoms with Gasteiger partial charge in [0.25, 0.3) is 0 Å². The number of rotatable bonds is 6. The Balaban J connectivity index is 2.31. The molecule has 23 heavy (non-hydrogen) atoms. The molecule has 0 aromatic heterocycles. The number of benzene rings is 2. The first-order valence-electron chi connectivity index (χ1n) is 6.75. The SMILES string of the molecule is C=CC(OC(C=C)c1cc(Br)cc(I)c1)c1cc(Br)cc(I)c1. The summed E-state index contributed by atoms with van der Waals surface area (Å²) >= 11 is 11.7. The van der Waals surface area contributed by atoms with Crippen molar-refractivity contribution in [3.63, 3.8) is 0 Å². The second kappa shape index (κ2) is 9.12. The smallest absolute Gasteiger partial charge is 0.102 e. The standard InChI is InChI=1S/C18H14Br2I2O/c1-3-17(11-5-13(19)9-15(21)7-11)23-18(4-2)12-6-14(20)10-16(22)8-12/h3-10,17-18H,1-2H2. The maximum absolute atomic E-state index is 6.26. The van der Waals surface area contributed by atoms with E-state index in [4.69, 9.17) is 4.74 Å². The molecule has 2 unspecified atom stereocenters. The first kappa shape index (κ1) is 19.6. The van der Waals surface area contributed by atoms with Crippen molar-refractivity contribution < 1.29 is 4.74 Å². The van der Waals surface area contributed by atoms with Gasteiger partial charge in [-0.1, -0.05) is 44.0 Å². The maximum atomic E-state index is 6.26. The highest BCUT2D eigenvalue weighted by Gasteiger charge is 2.17. The van der Waals surface area contributed by atoms with E-state index in [9.17, 15) is 0 Å². The van der Waals surface area contributed by atoms with E-state index >= 15 is 0 Å². The number of halogens is 4. The topological polar surface area (TPSA) is 9.23 Å². The maximum Gasteiger partial charge on any atom is 0.102 e. The summed E-state index contributed by atoms with van der Waals surface area (Å²) in [5.74, 6) is 0. The van der Waals surface area contributed by atoms with Crippen LogP contribution in [0.15, 0.2) is 70.7 Å². The van der Waals surface area contributed by atoms with Crippen LogP contribution in [0.5, 0.6) is 0 Å². The van der Waals surface area contributed by atoms with Crippen molar-refractivity contribution in [1.29, 1.82) is 0 Å². The fourth-order valence-electron chi connectivity index (χ4n) is 2.18. The molecule has 2 atom stereocenters. The second-order valence-corrected chi connectivity index (χ2v) is 9.18. The average molecular weight is 660 g/mol. The molecule has 2 aromatic rings. The first-order valence-corrected chi connectivity index (χ1v) is 10.5. The molecule has 120 valence electrons. The third-order valence-electron chi connectivity index (χ3n) is 3.15. The van der Waals surface area contributed by atoms with E-state index in [2.05, 4.69) is 127 Å². The first-order chi connectivity index (χ1) is 10.9. The Morgan fingerprint density at radius 2 is 1.17 bits per heavy atom. The van der Waals surface area contributed by atoms with Crippen molar-refractivity contribution in [2.45, 2.75) is 12.2 Å². The molecule has 0 saturated heterocycles. The zero-order valence-electron chi connectivity index (χ0n) is 12.1. The monoisotopic (exact) mass is 658 g/mol. The molecule has 0 aliphatic carbocycles. The van der Waals surface area contributed by atoms with Gasteiger partial charge in [0.15, 0.2) is 0 Å². The molecule has 0 fully saturated rings. The summed E-state index contributed by atoms with van der Waals surface area (Å²) in [6.45, 7) is 7.85. The summed E-state index contributed by atoms with van der Waals surface area (Å²) in [7, 11) is 0. The molecular formula is C18H14Br2I2O. The van der Waals surface area contributed by atoms with Gasteiger partial charge in [-0.05, 0) is 92.7 Å². The van der Waals surface area contributed by atoms with Crippen LogP contribution in [-0.4, -0.2) is 0 Å². The molecule has 1 nitrogen and oxygen atoms in total. The summed E-state index contributed by atoms with van der Waals surface area (Å²) in [4.78, 5) is 0. The van der Waals surface area contributed by atoms with Gasteiger partial charge in [-0.15, -0.1) is 13.2 Å². The van der Waals surface area contributed by atoms with Crippen LogP contribution in [0.1, 0.15) is 23.3 Å². The predicted molar refractivity (Wildman–Crippen MR) is 121 cm³/mol. The van der Waals surface area contributed by atoms with Gasteiger partial charge < -0.3 is 4.74 Å². The minimum Gasteiger partial charge on any atom is -0.357 e. The van der Waals surface area contributed by atoms with Crippen molar-refractivity contribution in [3.05, 3.63) is 88.9 Å². The molecule has 0 saturated carbocycles. The van der Waals surface area contributed by atoms with E-state index in [0.717, 1.165) is 27.2 Å². The summed E-state index contributed by atoms with van der Waals surface area (Å²) in [5.41, 5.74) is 2.13. The molecule has 0 spiro atoms. The highest BCUT2D eigenvalue weighted by Crippen LogP contribution is 2.32. The number of hydrogen-bond acceptors (Lipinski definition) is 1. The molecule has 0 amide bonds. The average Bonchev–Trinajstić information content (AvgIpc) is 2.46. The van der Waals surface area contributed by atoms with Gasteiger partial charge in [0, 0.05) is 16.1 Å². The van der Waals surface area contributed by atoms with Crippen molar-refractivity contribution in [2.75, 3.05) is 0 Å². The lowest BCUT2D eigenvalue weighted by Crippen LogP contribution is -2.08. The summed E-state index contributed by atoms with van der Waals surface area (Å²) in [5, 5.41) is 0. The van der Waals surface area contributed by atoms with Gasteiger partial charge in [0.05, 0.1) is 0 Å². The molecule has 0 aliphatic rings. The van der Waals surface area contributed by atoms with Crippen LogP contribution in [0, 0.1) is 7.14 Å². The summed E-state index contributed by atoms with van der Waals surface area (Å²) in [6.07, 6.45) is 3.22. The van der Waals surface area contributed by atoms with Gasteiger partial charge in [0.2, 0.25) is 0 Å². The highest BCUT2D eigenvalue weighted by atomic mass is 127. The van der Waals surface area contributed by atoms with Crippen LogP contribution >= 0.6 is 77.0 Å². The normalized spacial score (nSPS) is 13.4. The van der Waals surface area contributed by atoms with Gasteiger partial charge in [-0.25, -0.2) is 0 Å². The van der Waals surface area contributed by atoms with Crippen LogP contribution in [0.25, 0.3) is 0 Å². The van der Waals surface area contributed by atoms with Crippen LogP contribution < -0.4 is 0 Å². The lowest BCUT2D eigenvalue weighted by atomic mass is 10.1. The summed E-state index contributed by atoms with van der Waals surface area (Å²) < 4.78 is 10.6. The Labute approximate surface area is 181 Å². The van der Waals surface area contributed by atoms with E-state index in [1.807, 2.05) is 12.2 Å². The molecular weight excluding hydrogens is 646 g/mol. The van der Waals surface area contributed by atoms with E-state index < -0.39 is 0 Å². The molecule has 0 heterocycles. The zero-order valence-corrected chi connectivity index (χ0v) is 19.6. The number of hydrogen-bond donors (Lipinski definition) is 0. The Morgan fingerprint density at radius 3 is 1.48 bits per heavy atom. The second-order valence-electron chi connectivity index (χ2n) is 4.85. The van der Waals surface area contributed by atoms with Crippen LogP contribution in [-0.2, 0) is 4.74 Å². The van der Waals surface area contributed by atoms with E-state index in [-0.39, 0.29) is 12.2 Å². The predicted octanol–water partition coefficient (Wildman–Crippen LogP) is 7.59. The van der Waals surface area contributed by atoms with Crippen molar-refractivity contribution >= 4 is 77.0 Å². The van der Waals surface area contributed by atoms with E-state index in [1.165, 1.54) is 0 Å². The number of ether oxygens (including phenoxy) is 1. The Bertz CT molecular complexity index is 629. The largest absolute Gasteiger partial charge is 0.357 e. The fourth-order valence-corrected chi connectivity index (χ4v) is 5.45. The minimum absolute atomic E-state index is 0.208. The Hall–Kier alpha value is 0.300. The van der Waals surface area contributed by atoms with Gasteiger partial charge in [-0.3, -0.25) is 0 Å². The van der Waals surface area contributed by atoms with Crippen molar-refractivity contribution in [2.24, 2.45) is 0 Å². The molecule has 0 aliphatic heterocycles. The molecule has 5 heteroatoms. The minimum atomic E-state index is -0.208. The Morgan fingerprint density at radius 1 is 0.783 bits per heavy atom. The molecule has 2 rings (SSSR count). The summed E-state index contributed by atoms with van der Waals surface area (Å²) in [6, 6.07) is 12.4. The van der Waals surface area contributed by atoms with Crippen molar-refractivity contribution in [1.82, 2.24) is 0 Å². The quantitative estimate of drug-likeness (QED) is 0.230. The molecule has 0 bridgehead atoms. The lowest BCUT2D eigenvalue weighted by Gasteiger charge is -2.22. The van der Waals surface area contributed by atoms with Crippen LogP contribution in [0.3, 0.4) is 0 Å². The molecule has 2 aromatic carbocycles. The third kappa shape index (κ3) is 5.66. The third-order valence-corrected chi connectivity index (χ3v) is 5.31. The van der Waals surface area contributed by atoms with Gasteiger partial charge >= 0.3 is 0 Å². The fraction of sp³-hybridized carbons (Fsp3) is 0.111. The highest BCUT2D eigenvalue weighted by molar-refractivity contribution is 14.1. The van der Waals surface area contributed by atoms with Crippen molar-refractivity contribution in [3.8, 4) is 0 Å². The molecule has 0 radical (unpaired) electrons. The van der Waals surface area contributed by atoms with E-state index in [0.29, 0.717) is 0 Å². The van der Waals surface area contributed by atoms with Crippen LogP contribution in [0.4, 0.5) is 0 Å². The Kier molecular flexibility index (Phi) is 7.78. The zero-order chi connectivity index (χ0) is 17.0. The van der Waals surface area contributed by atoms with Gasteiger partial charge in [-0.2, -0.15) is 0 Å². The lowest BCUT2D eigenvalue weighted by molar-refractivity contribution is 0.0402. The van der Waals surface area contributed by atoms with E-state index in [1.54, 1.807) is 0 Å².